The van der Waals surface area contributed by atoms with Crippen LogP contribution in [0.25, 0.3) is 88.2 Å². The van der Waals surface area contributed by atoms with Gasteiger partial charge in [0.2, 0.25) is 0 Å². The Morgan fingerprint density at radius 2 is 0.899 bits per heavy atom. The number of nitrogens with one attached hydrogen (secondary N) is 1. The lowest BCUT2D eigenvalue weighted by Gasteiger charge is -2.24. The average Bonchev–Trinajstić information content (AvgIpc) is 4.05. The smallest absolute Gasteiger partial charge is 0.134 e. The second-order valence-corrected chi connectivity index (χ2v) is 17.4. The van der Waals surface area contributed by atoms with Gasteiger partial charge in [-0.3, -0.25) is 0 Å². The van der Waals surface area contributed by atoms with E-state index in [2.05, 4.69) is 134 Å². The second kappa shape index (κ2) is 15.6. The van der Waals surface area contributed by atoms with Crippen molar-refractivity contribution in [1.29, 1.82) is 15.8 Å². The van der Waals surface area contributed by atoms with Crippen LogP contribution in [0, 0.1) is 34.0 Å². The van der Waals surface area contributed by atoms with Crippen LogP contribution in [0.5, 0.6) is 0 Å². The number of nitriles is 3. The van der Waals surface area contributed by atoms with Gasteiger partial charge in [-0.15, -0.1) is 0 Å². The summed E-state index contributed by atoms with van der Waals surface area (Å²) in [6, 6.07) is 75.1. The number of hydrogen-bond acceptors (Lipinski definition) is 5. The molecule has 9 aromatic carbocycles. The van der Waals surface area contributed by atoms with E-state index in [1.165, 1.54) is 0 Å². The molecular weight excluding hydrogens is 845 g/mol. The van der Waals surface area contributed by atoms with Crippen LogP contribution in [0.3, 0.4) is 0 Å². The molecule has 1 aliphatic heterocycles. The summed E-state index contributed by atoms with van der Waals surface area (Å²) in [5, 5.41) is 40.6. The Labute approximate surface area is 396 Å². The number of benzene rings is 9. The maximum atomic E-state index is 11.1. The van der Waals surface area contributed by atoms with Gasteiger partial charge in [0.25, 0.3) is 0 Å². The minimum absolute atomic E-state index is 0.134. The number of aromatic nitrogens is 3. The third-order valence-corrected chi connectivity index (χ3v) is 13.6. The summed E-state index contributed by atoms with van der Waals surface area (Å²) >= 11 is 0. The molecule has 13 rings (SSSR count). The van der Waals surface area contributed by atoms with E-state index in [0.717, 1.165) is 111 Å². The molecule has 0 saturated carbocycles. The zero-order chi connectivity index (χ0) is 46.2. The van der Waals surface area contributed by atoms with Crippen LogP contribution in [-0.2, 0) is 0 Å². The molecule has 69 heavy (non-hydrogen) atoms. The maximum Gasteiger partial charge on any atom is 0.134 e. The van der Waals surface area contributed by atoms with E-state index in [9.17, 15) is 15.8 Å². The summed E-state index contributed by atoms with van der Waals surface area (Å²) in [7, 11) is 0. The highest BCUT2D eigenvalue weighted by Gasteiger charge is 2.23. The molecule has 4 heterocycles. The zero-order valence-corrected chi connectivity index (χ0v) is 36.8. The van der Waals surface area contributed by atoms with Crippen molar-refractivity contribution in [2.24, 2.45) is 4.99 Å². The fourth-order valence-electron chi connectivity index (χ4n) is 10.4. The van der Waals surface area contributed by atoms with Crippen molar-refractivity contribution in [2.45, 2.75) is 6.04 Å². The van der Waals surface area contributed by atoms with Gasteiger partial charge in [-0.1, -0.05) is 103 Å². The van der Waals surface area contributed by atoms with Crippen molar-refractivity contribution >= 4 is 77.0 Å². The van der Waals surface area contributed by atoms with Crippen LogP contribution in [0.15, 0.2) is 211 Å². The number of hydrogen-bond donors (Lipinski definition) is 1. The molecule has 3 aromatic heterocycles. The number of aliphatic imine (C=N–C) groups is 1. The van der Waals surface area contributed by atoms with Crippen LogP contribution in [0.4, 0.5) is 0 Å². The van der Waals surface area contributed by atoms with Crippen LogP contribution in [0.2, 0.25) is 0 Å². The molecule has 1 aliphatic rings. The summed E-state index contributed by atoms with van der Waals surface area (Å²) in [5.74, 6) is 0.765. The Kier molecular flexibility index (Phi) is 8.92. The van der Waals surface area contributed by atoms with Crippen molar-refractivity contribution in [3.05, 3.63) is 240 Å². The van der Waals surface area contributed by atoms with Gasteiger partial charge < -0.3 is 19.0 Å². The molecule has 1 N–H and O–H groups in total. The molecule has 1 atom stereocenters. The molecule has 0 aliphatic carbocycles. The Hall–Kier alpha value is -9.94. The third kappa shape index (κ3) is 6.24. The summed E-state index contributed by atoms with van der Waals surface area (Å²) in [4.78, 5) is 5.15. The van der Waals surface area contributed by atoms with E-state index in [1.54, 1.807) is 0 Å². The lowest BCUT2D eigenvalue weighted by Crippen LogP contribution is -2.31. The summed E-state index contributed by atoms with van der Waals surface area (Å²) in [5.41, 5.74) is 14.1. The van der Waals surface area contributed by atoms with Gasteiger partial charge in [0, 0.05) is 54.8 Å². The van der Waals surface area contributed by atoms with Gasteiger partial charge in [-0.2, -0.15) is 15.8 Å². The summed E-state index contributed by atoms with van der Waals surface area (Å²) < 4.78 is 6.75. The quantitative estimate of drug-likeness (QED) is 0.179. The molecule has 0 amide bonds. The molecule has 0 spiro atoms. The van der Waals surface area contributed by atoms with Gasteiger partial charge in [-0.25, -0.2) is 4.99 Å². The monoisotopic (exact) mass is 880 g/mol. The largest absolute Gasteiger partial charge is 0.359 e. The average molecular weight is 881 g/mol. The Morgan fingerprint density at radius 3 is 1.46 bits per heavy atom. The zero-order valence-electron chi connectivity index (χ0n) is 36.8. The molecule has 0 saturated heterocycles. The fraction of sp³-hybridized carbons (Fsp3) is 0.0164. The molecule has 12 aromatic rings. The fourth-order valence-corrected chi connectivity index (χ4v) is 10.4. The number of fused-ring (bicyclic) bond motifs is 9. The third-order valence-electron chi connectivity index (χ3n) is 13.6. The highest BCUT2D eigenvalue weighted by atomic mass is 15.1. The van der Waals surface area contributed by atoms with Crippen LogP contribution in [-0.4, -0.2) is 19.5 Å². The minimum Gasteiger partial charge on any atom is -0.359 e. The van der Waals surface area contributed by atoms with E-state index < -0.39 is 0 Å². The van der Waals surface area contributed by atoms with E-state index in [0.29, 0.717) is 16.7 Å². The SMILES string of the molecule is N#Cc1ccc2c(c1)c1ccccc1n2-c1ccc2c(c1)c1cc(-n3c4ccccc4c4cc(C#N)ccc43)ccc1n2-c1ccc(C2=CC(c3ccccc3)NC(c3ccccc3)=N2)cc1C#N. The summed E-state index contributed by atoms with van der Waals surface area (Å²) in [6.45, 7) is 0. The first-order chi connectivity index (χ1) is 34.1. The molecule has 320 valence electrons. The first-order valence-corrected chi connectivity index (χ1v) is 22.7. The van der Waals surface area contributed by atoms with Crippen LogP contribution in [0.1, 0.15) is 39.4 Å². The summed E-state index contributed by atoms with van der Waals surface area (Å²) in [6.07, 6.45) is 2.13. The highest BCUT2D eigenvalue weighted by Crippen LogP contribution is 2.41. The molecule has 1 unspecified atom stereocenters. The standard InChI is InChI=1S/C61H36N8/c62-35-38-19-24-57-48(29-38)46-15-7-9-17-55(46)67(57)44-22-27-59-50(32-44)51-33-45(68-56-18-10-8-16-47(56)49-30-39(36-63)20-25-58(49)68)23-28-60(51)69(59)54-26-21-42(31-43(54)37-64)53-34-52(40-11-3-1-4-12-40)65-61(66-53)41-13-5-2-6-14-41/h1-34,52H,(H,65,66). The lowest BCUT2D eigenvalue weighted by molar-refractivity contribution is 0.781. The highest BCUT2D eigenvalue weighted by molar-refractivity contribution is 6.14. The minimum atomic E-state index is -0.134. The first kappa shape index (κ1) is 39.4. The van der Waals surface area contributed by atoms with Gasteiger partial charge >= 0.3 is 0 Å². The molecule has 0 radical (unpaired) electrons. The molecular formula is C61H36N8. The molecule has 8 heteroatoms. The van der Waals surface area contributed by atoms with Crippen molar-refractivity contribution in [1.82, 2.24) is 19.0 Å². The molecule has 0 bridgehead atoms. The number of para-hydroxylation sites is 2. The normalized spacial score (nSPS) is 13.6. The number of rotatable bonds is 6. The Morgan fingerprint density at radius 1 is 0.406 bits per heavy atom. The second-order valence-electron chi connectivity index (χ2n) is 17.4. The number of nitrogens with zero attached hydrogens (tertiary/aromatic N) is 7. The van der Waals surface area contributed by atoms with Crippen molar-refractivity contribution < 1.29 is 0 Å². The van der Waals surface area contributed by atoms with Gasteiger partial charge in [-0.05, 0) is 109 Å². The molecule has 8 nitrogen and oxygen atoms in total. The predicted molar refractivity (Wildman–Crippen MR) is 277 cm³/mol. The van der Waals surface area contributed by atoms with E-state index in [4.69, 9.17) is 4.99 Å². The first-order valence-electron chi connectivity index (χ1n) is 22.7. The van der Waals surface area contributed by atoms with Crippen LogP contribution >= 0.6 is 0 Å². The topological polar surface area (TPSA) is 111 Å². The van der Waals surface area contributed by atoms with E-state index in [-0.39, 0.29) is 6.04 Å². The van der Waals surface area contributed by atoms with Gasteiger partial charge in [0.05, 0.1) is 79.4 Å². The Balaban J connectivity index is 1.04. The van der Waals surface area contributed by atoms with Crippen molar-refractivity contribution in [3.8, 4) is 35.3 Å². The van der Waals surface area contributed by atoms with Gasteiger partial charge in [0.15, 0.2) is 0 Å². The van der Waals surface area contributed by atoms with E-state index >= 15 is 0 Å². The lowest BCUT2D eigenvalue weighted by atomic mass is 9.99. The molecule has 0 fully saturated rings. The number of amidine groups is 1. The van der Waals surface area contributed by atoms with Gasteiger partial charge in [0.1, 0.15) is 11.9 Å². The van der Waals surface area contributed by atoms with E-state index in [1.807, 2.05) is 109 Å². The predicted octanol–water partition coefficient (Wildman–Crippen LogP) is 13.7. The van der Waals surface area contributed by atoms with Crippen molar-refractivity contribution in [3.63, 3.8) is 0 Å². The maximum absolute atomic E-state index is 11.1. The van der Waals surface area contributed by atoms with Crippen LogP contribution < -0.4 is 5.32 Å². The van der Waals surface area contributed by atoms with Crippen molar-refractivity contribution in [2.75, 3.05) is 0 Å². The Bertz CT molecular complexity index is 4130.